The molecule has 1 heterocycles. The Morgan fingerprint density at radius 3 is 2.59 bits per heavy atom. The molecule has 1 aliphatic heterocycles. The average molecular weight is 233 g/mol. The fourth-order valence-electron chi connectivity index (χ4n) is 2.32. The normalized spacial score (nSPS) is 26.6. The maximum absolute atomic E-state index is 11.7. The van der Waals surface area contributed by atoms with E-state index < -0.39 is 0 Å². The van der Waals surface area contributed by atoms with Gasteiger partial charge in [-0.2, -0.15) is 0 Å². The van der Waals surface area contributed by atoms with E-state index in [4.69, 9.17) is 4.74 Å². The molecule has 0 saturated carbocycles. The molecule has 1 unspecified atom stereocenters. The molecule has 2 rings (SSSR count). The summed E-state index contributed by atoms with van der Waals surface area (Å²) >= 11 is 0. The third-order valence-electron chi connectivity index (χ3n) is 3.21. The fourth-order valence-corrected chi connectivity index (χ4v) is 2.32. The van der Waals surface area contributed by atoms with E-state index >= 15 is 0 Å². The Morgan fingerprint density at radius 1 is 1.29 bits per heavy atom. The Bertz CT molecular complexity index is 377. The Kier molecular flexibility index (Phi) is 3.79. The summed E-state index contributed by atoms with van der Waals surface area (Å²) in [6, 6.07) is 10.6. The second kappa shape index (κ2) is 5.32. The van der Waals surface area contributed by atoms with E-state index in [2.05, 4.69) is 24.0 Å². The molecular weight excluding hydrogens is 214 g/mol. The van der Waals surface area contributed by atoms with Crippen LogP contribution in [0.5, 0.6) is 0 Å². The van der Waals surface area contributed by atoms with Gasteiger partial charge >= 0.3 is 5.97 Å². The largest absolute Gasteiger partial charge is 0.465 e. The lowest BCUT2D eigenvalue weighted by molar-refractivity contribution is -0.143. The van der Waals surface area contributed by atoms with Crippen molar-refractivity contribution in [3.05, 3.63) is 35.9 Å². The standard InChI is InChI=1S/C14H19NO2/c1-3-12-13(14(16)17-4-2)15(12)10-11-8-6-5-7-9-11/h5-9,12-13H,3-4,10H2,1-2H3/t12-,13-,15?/m1/s1. The van der Waals surface area contributed by atoms with Crippen molar-refractivity contribution in [3.63, 3.8) is 0 Å². The number of rotatable bonds is 5. The molecule has 92 valence electrons. The van der Waals surface area contributed by atoms with Crippen LogP contribution in [0.25, 0.3) is 0 Å². The zero-order valence-electron chi connectivity index (χ0n) is 10.4. The molecule has 1 aromatic rings. The molecule has 0 aromatic heterocycles. The van der Waals surface area contributed by atoms with Crippen molar-refractivity contribution < 1.29 is 9.53 Å². The Hall–Kier alpha value is -1.35. The summed E-state index contributed by atoms with van der Waals surface area (Å²) in [5.74, 6) is -0.0738. The van der Waals surface area contributed by atoms with E-state index in [9.17, 15) is 4.79 Å². The number of benzene rings is 1. The van der Waals surface area contributed by atoms with Crippen LogP contribution in [-0.2, 0) is 16.1 Å². The predicted molar refractivity (Wildman–Crippen MR) is 66.5 cm³/mol. The van der Waals surface area contributed by atoms with Crippen LogP contribution >= 0.6 is 0 Å². The van der Waals surface area contributed by atoms with Crippen molar-refractivity contribution in [2.45, 2.75) is 38.9 Å². The third-order valence-corrected chi connectivity index (χ3v) is 3.21. The number of hydrogen-bond acceptors (Lipinski definition) is 3. The number of nitrogens with zero attached hydrogens (tertiary/aromatic N) is 1. The van der Waals surface area contributed by atoms with Crippen LogP contribution in [0.4, 0.5) is 0 Å². The highest BCUT2D eigenvalue weighted by molar-refractivity contribution is 5.80. The monoisotopic (exact) mass is 233 g/mol. The minimum Gasteiger partial charge on any atom is -0.465 e. The first-order valence-electron chi connectivity index (χ1n) is 6.24. The molecular formula is C14H19NO2. The summed E-state index contributed by atoms with van der Waals surface area (Å²) < 4.78 is 5.09. The zero-order valence-corrected chi connectivity index (χ0v) is 10.4. The first kappa shape index (κ1) is 12.1. The van der Waals surface area contributed by atoms with Crippen LogP contribution in [0.3, 0.4) is 0 Å². The van der Waals surface area contributed by atoms with Crippen molar-refractivity contribution in [1.82, 2.24) is 4.90 Å². The van der Waals surface area contributed by atoms with Crippen LogP contribution in [0.2, 0.25) is 0 Å². The van der Waals surface area contributed by atoms with Gasteiger partial charge in [-0.25, -0.2) is 0 Å². The zero-order chi connectivity index (χ0) is 12.3. The van der Waals surface area contributed by atoms with Crippen LogP contribution in [0, 0.1) is 0 Å². The summed E-state index contributed by atoms with van der Waals surface area (Å²) in [4.78, 5) is 13.9. The SMILES string of the molecule is CCOC(=O)[C@H]1[C@@H](CC)N1Cc1ccccc1. The number of carbonyl (C=O) groups excluding carboxylic acids is 1. The van der Waals surface area contributed by atoms with Crippen LogP contribution in [0.15, 0.2) is 30.3 Å². The number of hydrogen-bond donors (Lipinski definition) is 0. The van der Waals surface area contributed by atoms with Gasteiger partial charge in [-0.3, -0.25) is 9.69 Å². The fraction of sp³-hybridized carbons (Fsp3) is 0.500. The van der Waals surface area contributed by atoms with E-state index in [-0.39, 0.29) is 12.0 Å². The highest BCUT2D eigenvalue weighted by atomic mass is 16.5. The number of ether oxygens (including phenoxy) is 1. The summed E-state index contributed by atoms with van der Waals surface area (Å²) in [7, 11) is 0. The van der Waals surface area contributed by atoms with E-state index in [0.717, 1.165) is 13.0 Å². The lowest BCUT2D eigenvalue weighted by Gasteiger charge is -2.04. The van der Waals surface area contributed by atoms with Crippen molar-refractivity contribution in [1.29, 1.82) is 0 Å². The lowest BCUT2D eigenvalue weighted by atomic mass is 10.2. The minimum absolute atomic E-state index is 0.0276. The molecule has 3 nitrogen and oxygen atoms in total. The molecule has 3 heteroatoms. The molecule has 0 spiro atoms. The molecule has 0 aliphatic carbocycles. The van der Waals surface area contributed by atoms with Gasteiger partial charge in [0.25, 0.3) is 0 Å². The van der Waals surface area contributed by atoms with Gasteiger partial charge in [0.2, 0.25) is 0 Å². The van der Waals surface area contributed by atoms with Gasteiger partial charge in [0.1, 0.15) is 6.04 Å². The molecule has 1 fully saturated rings. The second-order valence-electron chi connectivity index (χ2n) is 4.33. The first-order valence-corrected chi connectivity index (χ1v) is 6.24. The molecule has 0 radical (unpaired) electrons. The van der Waals surface area contributed by atoms with Gasteiger partial charge in [0.15, 0.2) is 0 Å². The van der Waals surface area contributed by atoms with Crippen molar-refractivity contribution in [2.24, 2.45) is 0 Å². The Labute approximate surface area is 102 Å². The summed E-state index contributed by atoms with van der Waals surface area (Å²) in [6.07, 6.45) is 0.996. The van der Waals surface area contributed by atoms with Crippen molar-refractivity contribution in [2.75, 3.05) is 6.61 Å². The average Bonchev–Trinajstić information content (AvgIpc) is 3.04. The van der Waals surface area contributed by atoms with Gasteiger partial charge in [-0.05, 0) is 18.9 Å². The maximum Gasteiger partial charge on any atom is 0.325 e. The first-order chi connectivity index (χ1) is 8.27. The molecule has 1 aliphatic rings. The maximum atomic E-state index is 11.7. The van der Waals surface area contributed by atoms with Gasteiger partial charge in [-0.15, -0.1) is 0 Å². The van der Waals surface area contributed by atoms with E-state index in [1.54, 1.807) is 0 Å². The Morgan fingerprint density at radius 2 is 2.00 bits per heavy atom. The second-order valence-corrected chi connectivity index (χ2v) is 4.33. The summed E-state index contributed by atoms with van der Waals surface area (Å²) in [5.41, 5.74) is 1.25. The van der Waals surface area contributed by atoms with Crippen LogP contribution < -0.4 is 0 Å². The predicted octanol–water partition coefficient (Wildman–Crippen LogP) is 2.21. The van der Waals surface area contributed by atoms with Gasteiger partial charge in [-0.1, -0.05) is 37.3 Å². The molecule has 17 heavy (non-hydrogen) atoms. The van der Waals surface area contributed by atoms with E-state index in [1.807, 2.05) is 25.1 Å². The molecule has 3 atom stereocenters. The smallest absolute Gasteiger partial charge is 0.325 e. The lowest BCUT2D eigenvalue weighted by Crippen LogP contribution is -2.16. The van der Waals surface area contributed by atoms with Crippen molar-refractivity contribution >= 4 is 5.97 Å². The number of carbonyl (C=O) groups is 1. The molecule has 1 aromatic carbocycles. The van der Waals surface area contributed by atoms with Crippen molar-refractivity contribution in [3.8, 4) is 0 Å². The third kappa shape index (κ3) is 2.67. The van der Waals surface area contributed by atoms with E-state index in [1.165, 1.54) is 5.56 Å². The van der Waals surface area contributed by atoms with Crippen LogP contribution in [-0.4, -0.2) is 29.6 Å². The van der Waals surface area contributed by atoms with Gasteiger partial charge in [0.05, 0.1) is 6.61 Å². The summed E-state index contributed by atoms with van der Waals surface area (Å²) in [6.45, 7) is 5.26. The molecule has 0 N–H and O–H groups in total. The van der Waals surface area contributed by atoms with Gasteiger partial charge < -0.3 is 4.74 Å². The quantitative estimate of drug-likeness (QED) is 0.577. The molecule has 0 bridgehead atoms. The highest BCUT2D eigenvalue weighted by Crippen LogP contribution is 2.33. The summed E-state index contributed by atoms with van der Waals surface area (Å²) in [5, 5.41) is 0. The minimum atomic E-state index is -0.0738. The molecule has 1 saturated heterocycles. The topological polar surface area (TPSA) is 29.3 Å². The Balaban J connectivity index is 1.96. The molecule has 0 amide bonds. The van der Waals surface area contributed by atoms with Gasteiger partial charge in [0, 0.05) is 12.6 Å². The highest BCUT2D eigenvalue weighted by Gasteiger charge is 2.51. The van der Waals surface area contributed by atoms with E-state index in [0.29, 0.717) is 12.6 Å². The van der Waals surface area contributed by atoms with Crippen LogP contribution in [0.1, 0.15) is 25.8 Å². The number of esters is 1.